The van der Waals surface area contributed by atoms with Gasteiger partial charge < -0.3 is 14.0 Å². The van der Waals surface area contributed by atoms with Crippen molar-refractivity contribution >= 4 is 24.6 Å². The van der Waals surface area contributed by atoms with Crippen LogP contribution in [0.15, 0.2) is 23.4 Å². The van der Waals surface area contributed by atoms with Gasteiger partial charge in [0.2, 0.25) is 0 Å². The summed E-state index contributed by atoms with van der Waals surface area (Å²) in [7, 11) is 1.16. The standard InChI is InChI=1S/C19H22F2N2O4S/c1-6-13(10-7-8-11(20)12(21)9-10)23-15(17(25)26-5)14(22-18(23)28)16(24)27-19(2,3)4/h7-9,13H,6H2,1-5H3,(H,22,28). The number of carbonyl (C=O) groups is 2. The van der Waals surface area contributed by atoms with Gasteiger partial charge in [-0.15, -0.1) is 12.6 Å². The summed E-state index contributed by atoms with van der Waals surface area (Å²) in [5, 5.41) is 0.0397. The minimum atomic E-state index is -1.02. The maximum atomic E-state index is 13.8. The second-order valence-electron chi connectivity index (χ2n) is 7.07. The molecule has 1 heterocycles. The predicted molar refractivity (Wildman–Crippen MR) is 101 cm³/mol. The molecule has 0 aliphatic rings. The Balaban J connectivity index is 2.66. The summed E-state index contributed by atoms with van der Waals surface area (Å²) in [5.41, 5.74) is -0.851. The highest BCUT2D eigenvalue weighted by Crippen LogP contribution is 2.31. The van der Waals surface area contributed by atoms with Crippen LogP contribution in [0.1, 0.15) is 66.7 Å². The zero-order valence-electron chi connectivity index (χ0n) is 16.2. The van der Waals surface area contributed by atoms with Gasteiger partial charge in [-0.2, -0.15) is 0 Å². The molecular formula is C19H22F2N2O4S. The Morgan fingerprint density at radius 3 is 2.36 bits per heavy atom. The molecule has 0 radical (unpaired) electrons. The van der Waals surface area contributed by atoms with E-state index in [0.717, 1.165) is 19.2 Å². The average Bonchev–Trinajstić information content (AvgIpc) is 2.94. The number of methoxy groups -OCH3 is 1. The lowest BCUT2D eigenvalue weighted by Gasteiger charge is -2.22. The van der Waals surface area contributed by atoms with Crippen molar-refractivity contribution in [2.24, 2.45) is 0 Å². The molecule has 1 unspecified atom stereocenters. The van der Waals surface area contributed by atoms with Gasteiger partial charge in [0.05, 0.1) is 13.2 Å². The van der Waals surface area contributed by atoms with Gasteiger partial charge in [0.15, 0.2) is 28.2 Å². The van der Waals surface area contributed by atoms with Crippen molar-refractivity contribution in [2.75, 3.05) is 7.11 Å². The van der Waals surface area contributed by atoms with E-state index in [1.807, 2.05) is 0 Å². The van der Waals surface area contributed by atoms with Crippen molar-refractivity contribution in [1.82, 2.24) is 9.55 Å². The predicted octanol–water partition coefficient (Wildman–Crippen LogP) is 4.19. The number of nitrogens with zero attached hydrogens (tertiary/aromatic N) is 2. The third-order valence-electron chi connectivity index (χ3n) is 3.89. The molecule has 9 heteroatoms. The summed E-state index contributed by atoms with van der Waals surface area (Å²) < 4.78 is 38.6. The molecule has 0 aliphatic heterocycles. The molecule has 28 heavy (non-hydrogen) atoms. The molecule has 0 saturated heterocycles. The zero-order chi connectivity index (χ0) is 21.2. The summed E-state index contributed by atoms with van der Waals surface area (Å²) >= 11 is 4.29. The van der Waals surface area contributed by atoms with Crippen LogP contribution in [0.5, 0.6) is 0 Å². The average molecular weight is 412 g/mol. The number of thiol groups is 1. The Labute approximate surface area is 167 Å². The Morgan fingerprint density at radius 1 is 1.21 bits per heavy atom. The van der Waals surface area contributed by atoms with E-state index in [2.05, 4.69) is 17.6 Å². The first-order valence-corrected chi connectivity index (χ1v) is 9.02. The second kappa shape index (κ2) is 8.30. The molecule has 0 fully saturated rings. The molecule has 0 saturated carbocycles. The van der Waals surface area contributed by atoms with Crippen molar-refractivity contribution in [1.29, 1.82) is 0 Å². The maximum Gasteiger partial charge on any atom is 0.360 e. The fraction of sp³-hybridized carbons (Fsp3) is 0.421. The van der Waals surface area contributed by atoms with E-state index in [0.29, 0.717) is 12.0 Å². The van der Waals surface area contributed by atoms with Crippen LogP contribution in [0.4, 0.5) is 8.78 Å². The molecule has 0 aliphatic carbocycles. The number of hydrogen-bond acceptors (Lipinski definition) is 6. The highest BCUT2D eigenvalue weighted by molar-refractivity contribution is 7.80. The number of carbonyl (C=O) groups excluding carboxylic acids is 2. The van der Waals surface area contributed by atoms with Gasteiger partial charge in [-0.25, -0.2) is 23.4 Å². The van der Waals surface area contributed by atoms with E-state index in [1.165, 1.54) is 10.6 Å². The minimum absolute atomic E-state index is 0.0397. The normalized spacial score (nSPS) is 12.6. The summed E-state index contributed by atoms with van der Waals surface area (Å²) in [6.45, 7) is 6.82. The Morgan fingerprint density at radius 2 is 1.86 bits per heavy atom. The Hall–Kier alpha value is -2.42. The smallest absolute Gasteiger partial charge is 0.360 e. The van der Waals surface area contributed by atoms with E-state index in [9.17, 15) is 18.4 Å². The monoisotopic (exact) mass is 412 g/mol. The Bertz CT molecular complexity index is 906. The van der Waals surface area contributed by atoms with Crippen LogP contribution in [-0.2, 0) is 9.47 Å². The highest BCUT2D eigenvalue weighted by atomic mass is 32.1. The molecular weight excluding hydrogens is 390 g/mol. The quantitative estimate of drug-likeness (QED) is 0.589. The number of imidazole rings is 1. The topological polar surface area (TPSA) is 70.4 Å². The van der Waals surface area contributed by atoms with Crippen LogP contribution in [0, 0.1) is 11.6 Å². The lowest BCUT2D eigenvalue weighted by atomic mass is 10.0. The van der Waals surface area contributed by atoms with Crippen LogP contribution in [-0.4, -0.2) is 34.2 Å². The lowest BCUT2D eigenvalue weighted by molar-refractivity contribution is 0.00582. The fourth-order valence-electron chi connectivity index (χ4n) is 2.76. The van der Waals surface area contributed by atoms with Gasteiger partial charge in [-0.1, -0.05) is 13.0 Å². The summed E-state index contributed by atoms with van der Waals surface area (Å²) in [6.07, 6.45) is 0.382. The number of aromatic nitrogens is 2. The van der Waals surface area contributed by atoms with Crippen molar-refractivity contribution in [3.8, 4) is 0 Å². The van der Waals surface area contributed by atoms with E-state index in [4.69, 9.17) is 9.47 Å². The first-order valence-electron chi connectivity index (χ1n) is 8.58. The van der Waals surface area contributed by atoms with Gasteiger partial charge in [-0.05, 0) is 44.9 Å². The van der Waals surface area contributed by atoms with E-state index >= 15 is 0 Å². The zero-order valence-corrected chi connectivity index (χ0v) is 17.1. The van der Waals surface area contributed by atoms with Gasteiger partial charge in [0.1, 0.15) is 5.60 Å². The van der Waals surface area contributed by atoms with Crippen LogP contribution < -0.4 is 0 Å². The number of rotatable bonds is 5. The van der Waals surface area contributed by atoms with E-state index in [1.54, 1.807) is 27.7 Å². The third-order valence-corrected chi connectivity index (χ3v) is 4.21. The number of ether oxygens (including phenoxy) is 2. The largest absolute Gasteiger partial charge is 0.464 e. The van der Waals surface area contributed by atoms with Crippen LogP contribution in [0.3, 0.4) is 0 Å². The van der Waals surface area contributed by atoms with Crippen molar-refractivity contribution < 1.29 is 27.8 Å². The molecule has 2 aromatic rings. The SMILES string of the molecule is CCC(c1ccc(F)c(F)c1)n1c(S)nc(C(=O)OC(C)(C)C)c1C(=O)OC. The molecule has 0 bridgehead atoms. The first kappa shape index (κ1) is 21.9. The molecule has 1 aromatic carbocycles. The first-order chi connectivity index (χ1) is 13.0. The molecule has 0 spiro atoms. The molecule has 2 rings (SSSR count). The number of esters is 2. The summed E-state index contributed by atoms with van der Waals surface area (Å²) in [5.74, 6) is -3.65. The van der Waals surface area contributed by atoms with Gasteiger partial charge >= 0.3 is 11.9 Å². The Kier molecular flexibility index (Phi) is 6.48. The minimum Gasteiger partial charge on any atom is -0.464 e. The second-order valence-corrected chi connectivity index (χ2v) is 7.47. The summed E-state index contributed by atoms with van der Waals surface area (Å²) in [6, 6.07) is 2.79. The fourth-order valence-corrected chi connectivity index (χ4v) is 3.10. The number of benzene rings is 1. The van der Waals surface area contributed by atoms with E-state index in [-0.39, 0.29) is 16.5 Å². The molecule has 152 valence electrons. The van der Waals surface area contributed by atoms with Crippen molar-refractivity contribution in [3.05, 3.63) is 46.8 Å². The van der Waals surface area contributed by atoms with Crippen molar-refractivity contribution in [3.63, 3.8) is 0 Å². The van der Waals surface area contributed by atoms with Gasteiger partial charge in [0, 0.05) is 0 Å². The molecule has 0 N–H and O–H groups in total. The highest BCUT2D eigenvalue weighted by Gasteiger charge is 2.33. The van der Waals surface area contributed by atoms with Crippen LogP contribution >= 0.6 is 12.6 Å². The molecule has 6 nitrogen and oxygen atoms in total. The maximum absolute atomic E-state index is 13.8. The van der Waals surface area contributed by atoms with E-state index < -0.39 is 35.2 Å². The van der Waals surface area contributed by atoms with Crippen LogP contribution in [0.2, 0.25) is 0 Å². The lowest BCUT2D eigenvalue weighted by Crippen LogP contribution is -2.26. The van der Waals surface area contributed by atoms with Gasteiger partial charge in [0.25, 0.3) is 0 Å². The molecule has 0 amide bonds. The van der Waals surface area contributed by atoms with Crippen LogP contribution in [0.25, 0.3) is 0 Å². The number of hydrogen-bond donors (Lipinski definition) is 1. The van der Waals surface area contributed by atoms with Crippen molar-refractivity contribution in [2.45, 2.75) is 50.9 Å². The third kappa shape index (κ3) is 4.52. The molecule has 1 aromatic heterocycles. The summed E-state index contributed by atoms with van der Waals surface area (Å²) in [4.78, 5) is 29.1. The molecule has 1 atom stereocenters. The van der Waals surface area contributed by atoms with Gasteiger partial charge in [-0.3, -0.25) is 0 Å². The number of halogens is 2.